The molecule has 92 valence electrons. The Morgan fingerprint density at radius 1 is 1.59 bits per heavy atom. The maximum Gasteiger partial charge on any atom is 0.131 e. The summed E-state index contributed by atoms with van der Waals surface area (Å²) in [5, 5.41) is 0. The first-order valence-electron chi connectivity index (χ1n) is 6.11. The van der Waals surface area contributed by atoms with Gasteiger partial charge in [0.2, 0.25) is 0 Å². The summed E-state index contributed by atoms with van der Waals surface area (Å²) in [7, 11) is 3.90. The Morgan fingerprint density at radius 3 is 2.76 bits per heavy atom. The maximum atomic E-state index is 11.1. The van der Waals surface area contributed by atoms with E-state index in [9.17, 15) is 4.79 Å². The second-order valence-electron chi connectivity index (χ2n) is 4.84. The van der Waals surface area contributed by atoms with E-state index in [4.69, 9.17) is 0 Å². The average molecular weight is 233 g/mol. The summed E-state index contributed by atoms with van der Waals surface area (Å²) in [6, 6.07) is 0. The molecule has 2 rings (SSSR count). The largest absolute Gasteiger partial charge is 0.328 e. The number of hydrogen-bond acceptors (Lipinski definition) is 3. The number of carbonyl (C=O) groups excluding carboxylic acids is 1. The summed E-state index contributed by atoms with van der Waals surface area (Å²) in [6.07, 6.45) is 4.27. The molecule has 1 fully saturated rings. The van der Waals surface area contributed by atoms with Crippen molar-refractivity contribution in [2.45, 2.75) is 32.2 Å². The molecule has 1 aliphatic rings. The highest BCUT2D eigenvalue weighted by Gasteiger charge is 2.29. The minimum Gasteiger partial charge on any atom is -0.328 e. The van der Waals surface area contributed by atoms with Gasteiger partial charge in [0.1, 0.15) is 11.8 Å². The van der Waals surface area contributed by atoms with Crippen molar-refractivity contribution >= 4 is 11.5 Å². The lowest BCUT2D eigenvalue weighted by Crippen LogP contribution is -2.17. The second-order valence-corrected chi connectivity index (χ2v) is 4.84. The molecule has 1 saturated carbocycles. The summed E-state index contributed by atoms with van der Waals surface area (Å²) in [5.41, 5.74) is 1.62. The van der Waals surface area contributed by atoms with Crippen LogP contribution in [0.25, 0.3) is 5.57 Å². The lowest BCUT2D eigenvalue weighted by atomic mass is 10.2. The number of likely N-dealkylation sites (N-methyl/N-ethyl adjacent to an activating group) is 1. The molecule has 0 aliphatic heterocycles. The van der Waals surface area contributed by atoms with Crippen LogP contribution in [0.1, 0.15) is 37.2 Å². The Bertz CT molecular complexity index is 451. The molecule has 0 atom stereocenters. The van der Waals surface area contributed by atoms with Gasteiger partial charge in [0.15, 0.2) is 0 Å². The zero-order chi connectivity index (χ0) is 12.4. The minimum atomic E-state index is 0.607. The maximum absolute atomic E-state index is 11.1. The summed E-state index contributed by atoms with van der Waals surface area (Å²) in [6.45, 7) is 3.56. The number of rotatable bonds is 5. The van der Waals surface area contributed by atoms with Crippen molar-refractivity contribution in [2.75, 3.05) is 20.6 Å². The molecule has 4 heteroatoms. The first-order chi connectivity index (χ1) is 8.17. The van der Waals surface area contributed by atoms with Crippen LogP contribution >= 0.6 is 0 Å². The fraction of sp³-hybridized carbons (Fsp3) is 0.615. The molecule has 1 aromatic rings. The van der Waals surface area contributed by atoms with Crippen LogP contribution in [0.15, 0.2) is 6.20 Å². The summed E-state index contributed by atoms with van der Waals surface area (Å²) < 4.78 is 2.15. The van der Waals surface area contributed by atoms with E-state index in [1.807, 2.05) is 25.2 Å². The van der Waals surface area contributed by atoms with E-state index < -0.39 is 0 Å². The van der Waals surface area contributed by atoms with E-state index in [0.29, 0.717) is 18.0 Å². The molecule has 1 aliphatic carbocycles. The van der Waals surface area contributed by atoms with E-state index >= 15 is 0 Å². The SMILES string of the molecule is CCn1c(C(=C=O)CN(C)C)cnc1C1CC1. The Labute approximate surface area is 102 Å². The molecular weight excluding hydrogens is 214 g/mol. The molecule has 0 saturated heterocycles. The molecule has 0 radical (unpaired) electrons. The molecule has 4 nitrogen and oxygen atoms in total. The van der Waals surface area contributed by atoms with Crippen molar-refractivity contribution < 1.29 is 4.79 Å². The van der Waals surface area contributed by atoms with Gasteiger partial charge >= 0.3 is 0 Å². The average Bonchev–Trinajstić information content (AvgIpc) is 3.05. The van der Waals surface area contributed by atoms with Gasteiger partial charge in [-0.3, -0.25) is 0 Å². The van der Waals surface area contributed by atoms with Crippen LogP contribution in [0.3, 0.4) is 0 Å². The van der Waals surface area contributed by atoms with Gasteiger partial charge in [0.05, 0.1) is 17.5 Å². The monoisotopic (exact) mass is 233 g/mol. The van der Waals surface area contributed by atoms with E-state index in [0.717, 1.165) is 18.1 Å². The van der Waals surface area contributed by atoms with Crippen molar-refractivity contribution in [3.8, 4) is 0 Å². The highest BCUT2D eigenvalue weighted by atomic mass is 16.1. The molecule has 1 heterocycles. The van der Waals surface area contributed by atoms with Crippen LogP contribution < -0.4 is 0 Å². The molecular formula is C13H19N3O. The first-order valence-corrected chi connectivity index (χ1v) is 6.11. The van der Waals surface area contributed by atoms with Gasteiger partial charge in [-0.1, -0.05) is 0 Å². The van der Waals surface area contributed by atoms with Crippen LogP contribution in [0.2, 0.25) is 0 Å². The van der Waals surface area contributed by atoms with Crippen LogP contribution in [0.5, 0.6) is 0 Å². The number of aromatic nitrogens is 2. The van der Waals surface area contributed by atoms with E-state index in [-0.39, 0.29) is 0 Å². The molecule has 17 heavy (non-hydrogen) atoms. The smallest absolute Gasteiger partial charge is 0.131 e. The first kappa shape index (κ1) is 12.1. The number of hydrogen-bond donors (Lipinski definition) is 0. The Balaban J connectivity index is 2.33. The van der Waals surface area contributed by atoms with Gasteiger partial charge < -0.3 is 9.47 Å². The minimum absolute atomic E-state index is 0.607. The Morgan fingerprint density at radius 2 is 2.29 bits per heavy atom. The standard InChI is InChI=1S/C13H19N3O/c1-4-16-12(11(9-17)8-15(2)3)7-14-13(16)10-5-6-10/h7,10H,4-6,8H2,1-3H3. The van der Waals surface area contributed by atoms with E-state index in [2.05, 4.69) is 22.4 Å². The quantitative estimate of drug-likeness (QED) is 0.724. The molecule has 0 aromatic carbocycles. The predicted octanol–water partition coefficient (Wildman–Crippen LogP) is 1.56. The van der Waals surface area contributed by atoms with Gasteiger partial charge in [0, 0.05) is 19.0 Å². The second kappa shape index (κ2) is 4.86. The van der Waals surface area contributed by atoms with Gasteiger partial charge in [-0.25, -0.2) is 9.78 Å². The highest BCUT2D eigenvalue weighted by Crippen LogP contribution is 2.40. The molecule has 0 spiro atoms. The molecule has 0 amide bonds. The predicted molar refractivity (Wildman–Crippen MR) is 67.5 cm³/mol. The van der Waals surface area contributed by atoms with Crippen molar-refractivity contribution in [1.82, 2.24) is 14.5 Å². The van der Waals surface area contributed by atoms with Crippen LogP contribution in [-0.4, -0.2) is 41.0 Å². The summed E-state index contributed by atoms with van der Waals surface area (Å²) in [4.78, 5) is 17.5. The summed E-state index contributed by atoms with van der Waals surface area (Å²) in [5.74, 6) is 3.80. The zero-order valence-corrected chi connectivity index (χ0v) is 10.7. The van der Waals surface area contributed by atoms with Gasteiger partial charge in [-0.15, -0.1) is 0 Å². The van der Waals surface area contributed by atoms with Crippen LogP contribution in [0.4, 0.5) is 0 Å². The van der Waals surface area contributed by atoms with Gasteiger partial charge in [-0.05, 0) is 33.9 Å². The van der Waals surface area contributed by atoms with Crippen LogP contribution in [-0.2, 0) is 11.3 Å². The number of imidazole rings is 1. The third-order valence-electron chi connectivity index (χ3n) is 3.05. The van der Waals surface area contributed by atoms with Gasteiger partial charge in [0.25, 0.3) is 0 Å². The number of nitrogens with zero attached hydrogens (tertiary/aromatic N) is 3. The van der Waals surface area contributed by atoms with E-state index in [1.165, 1.54) is 12.8 Å². The fourth-order valence-electron chi connectivity index (χ4n) is 2.11. The lowest BCUT2D eigenvalue weighted by molar-refractivity contribution is 0.461. The molecule has 0 N–H and O–H groups in total. The normalized spacial score (nSPS) is 15.1. The third-order valence-corrected chi connectivity index (χ3v) is 3.05. The topological polar surface area (TPSA) is 38.1 Å². The van der Waals surface area contributed by atoms with Crippen molar-refractivity contribution in [2.24, 2.45) is 0 Å². The summed E-state index contributed by atoms with van der Waals surface area (Å²) >= 11 is 0. The highest BCUT2D eigenvalue weighted by molar-refractivity contribution is 5.87. The van der Waals surface area contributed by atoms with Crippen molar-refractivity contribution in [3.05, 3.63) is 17.7 Å². The van der Waals surface area contributed by atoms with Crippen molar-refractivity contribution in [1.29, 1.82) is 0 Å². The van der Waals surface area contributed by atoms with Crippen LogP contribution in [0, 0.1) is 0 Å². The lowest BCUT2D eigenvalue weighted by Gasteiger charge is -2.13. The molecule has 0 unspecified atom stereocenters. The zero-order valence-electron chi connectivity index (χ0n) is 10.7. The van der Waals surface area contributed by atoms with Crippen molar-refractivity contribution in [3.63, 3.8) is 0 Å². The Kier molecular flexibility index (Phi) is 3.46. The van der Waals surface area contributed by atoms with E-state index in [1.54, 1.807) is 0 Å². The molecule has 1 aromatic heterocycles. The third kappa shape index (κ3) is 2.48. The Hall–Kier alpha value is -1.38. The van der Waals surface area contributed by atoms with Gasteiger partial charge in [-0.2, -0.15) is 0 Å². The fourth-order valence-corrected chi connectivity index (χ4v) is 2.11. The molecule has 0 bridgehead atoms.